The van der Waals surface area contributed by atoms with Gasteiger partial charge in [0.25, 0.3) is 5.69 Å². The van der Waals surface area contributed by atoms with E-state index in [0.717, 1.165) is 18.4 Å². The van der Waals surface area contributed by atoms with Crippen LogP contribution in [-0.2, 0) is 6.42 Å². The minimum absolute atomic E-state index is 0.215. The molecule has 0 N–H and O–H groups in total. The average molecular weight is 434 g/mol. The number of nitro benzene ring substituents is 1. The Balaban J connectivity index is 3.06. The molecule has 0 heterocycles. The van der Waals surface area contributed by atoms with Crippen LogP contribution in [0.15, 0.2) is 24.3 Å². The first-order chi connectivity index (χ1) is 14.9. The molecule has 0 bridgehead atoms. The molecule has 0 saturated heterocycles. The van der Waals surface area contributed by atoms with E-state index in [9.17, 15) is 10.1 Å². The third-order valence-electron chi connectivity index (χ3n) is 7.58. The molecule has 0 radical (unpaired) electrons. The monoisotopic (exact) mass is 433 g/mol. The van der Waals surface area contributed by atoms with Gasteiger partial charge in [-0.25, -0.2) is 0 Å². The number of hydrogen-bond acceptors (Lipinski definition) is 2. The lowest BCUT2D eigenvalue weighted by Gasteiger charge is -2.54. The molecule has 0 saturated carbocycles. The predicted octanol–water partition coefficient (Wildman–Crippen LogP) is 8.08. The summed E-state index contributed by atoms with van der Waals surface area (Å²) in [7, 11) is 0. The van der Waals surface area contributed by atoms with Crippen molar-refractivity contribution >= 4 is 5.69 Å². The van der Waals surface area contributed by atoms with Crippen molar-refractivity contribution in [3.05, 3.63) is 39.9 Å². The van der Waals surface area contributed by atoms with Gasteiger partial charge in [0, 0.05) is 25.0 Å². The molecule has 2 atom stereocenters. The molecule has 0 aliphatic rings. The Morgan fingerprint density at radius 3 is 2.16 bits per heavy atom. The van der Waals surface area contributed by atoms with Gasteiger partial charge in [0.1, 0.15) is 0 Å². The van der Waals surface area contributed by atoms with E-state index in [0.29, 0.717) is 0 Å². The van der Waals surface area contributed by atoms with Crippen LogP contribution in [0.1, 0.15) is 111 Å². The fourth-order valence-corrected chi connectivity index (χ4v) is 5.82. The van der Waals surface area contributed by atoms with Crippen LogP contribution < -0.4 is 0 Å². The predicted molar refractivity (Wildman–Crippen MR) is 134 cm³/mol. The third kappa shape index (κ3) is 7.89. The van der Waals surface area contributed by atoms with Crippen molar-refractivity contribution in [1.82, 2.24) is 0 Å². The van der Waals surface area contributed by atoms with Gasteiger partial charge in [-0.15, -0.1) is 0 Å². The van der Waals surface area contributed by atoms with Crippen LogP contribution in [0.4, 0.5) is 5.69 Å². The van der Waals surface area contributed by atoms with Gasteiger partial charge < -0.3 is 4.48 Å². The number of rotatable bonds is 18. The summed E-state index contributed by atoms with van der Waals surface area (Å²) in [5, 5.41) is 11.2. The van der Waals surface area contributed by atoms with Crippen molar-refractivity contribution in [2.24, 2.45) is 0 Å². The summed E-state index contributed by atoms with van der Waals surface area (Å²) < 4.78 is 1.22. The fourth-order valence-electron chi connectivity index (χ4n) is 5.82. The number of unbranched alkanes of at least 4 members (excludes halogenated alkanes) is 5. The quantitative estimate of drug-likeness (QED) is 0.102. The highest BCUT2D eigenvalue weighted by atomic mass is 16.6. The van der Waals surface area contributed by atoms with Crippen LogP contribution in [0, 0.1) is 10.1 Å². The van der Waals surface area contributed by atoms with E-state index >= 15 is 0 Å². The maximum Gasteiger partial charge on any atom is 0.269 e. The third-order valence-corrected chi connectivity index (χ3v) is 7.58. The second kappa shape index (κ2) is 14.6. The highest BCUT2D eigenvalue weighted by molar-refractivity contribution is 5.34. The largest absolute Gasteiger partial charge is 0.319 e. The van der Waals surface area contributed by atoms with Gasteiger partial charge in [-0.05, 0) is 44.6 Å². The molecule has 31 heavy (non-hydrogen) atoms. The van der Waals surface area contributed by atoms with Crippen LogP contribution in [0.25, 0.3) is 0 Å². The fraction of sp³-hybridized carbons (Fsp3) is 0.778. The van der Waals surface area contributed by atoms with Crippen LogP contribution in [0.3, 0.4) is 0 Å². The zero-order valence-corrected chi connectivity index (χ0v) is 21.1. The highest BCUT2D eigenvalue weighted by Crippen LogP contribution is 2.39. The topological polar surface area (TPSA) is 43.1 Å². The summed E-state index contributed by atoms with van der Waals surface area (Å²) in [6.45, 7) is 15.4. The highest BCUT2D eigenvalue weighted by Gasteiger charge is 2.46. The molecule has 178 valence electrons. The Morgan fingerprint density at radius 2 is 1.58 bits per heavy atom. The minimum atomic E-state index is -0.273. The van der Waals surface area contributed by atoms with Crippen molar-refractivity contribution in [2.75, 3.05) is 19.6 Å². The van der Waals surface area contributed by atoms with Gasteiger partial charge in [-0.1, -0.05) is 71.9 Å². The Hall–Kier alpha value is -1.42. The van der Waals surface area contributed by atoms with Gasteiger partial charge in [0.05, 0.1) is 30.1 Å². The molecule has 1 aromatic rings. The summed E-state index contributed by atoms with van der Waals surface area (Å²) in [5.41, 5.74) is 1.58. The van der Waals surface area contributed by atoms with E-state index in [1.807, 2.05) is 6.07 Å². The zero-order valence-electron chi connectivity index (χ0n) is 21.1. The summed E-state index contributed by atoms with van der Waals surface area (Å²) in [5.74, 6) is 0. The second-order valence-corrected chi connectivity index (χ2v) is 9.43. The molecule has 4 heteroatoms. The lowest BCUT2D eigenvalue weighted by atomic mass is 9.79. The molecule has 1 rings (SSSR count). The average Bonchev–Trinajstić information content (AvgIpc) is 2.78. The number of hydrogen-bond donors (Lipinski definition) is 0. The van der Waals surface area contributed by atoms with Crippen LogP contribution in [0.5, 0.6) is 0 Å². The zero-order chi connectivity index (χ0) is 23.2. The summed E-state index contributed by atoms with van der Waals surface area (Å²) in [4.78, 5) is 10.9. The number of benzene rings is 1. The SMILES string of the molecule is CCCCCCCC[N+](CC)(CCC)C(CC)(CCC)CCc1cccc([N+](=O)[O-])c1. The van der Waals surface area contributed by atoms with Gasteiger partial charge in [0.2, 0.25) is 0 Å². The van der Waals surface area contributed by atoms with Crippen LogP contribution in [-0.4, -0.2) is 34.6 Å². The molecule has 4 nitrogen and oxygen atoms in total. The Kier molecular flexibility index (Phi) is 13.0. The molecular formula is C27H49N2O2+. The number of nitrogens with zero attached hydrogens (tertiary/aromatic N) is 2. The van der Waals surface area contributed by atoms with Crippen molar-refractivity contribution in [3.8, 4) is 0 Å². The van der Waals surface area contributed by atoms with Crippen molar-refractivity contribution in [1.29, 1.82) is 0 Å². The number of quaternary nitrogens is 1. The molecule has 2 unspecified atom stereocenters. The Morgan fingerprint density at radius 1 is 0.871 bits per heavy atom. The van der Waals surface area contributed by atoms with Crippen molar-refractivity contribution in [3.63, 3.8) is 0 Å². The first kappa shape index (κ1) is 27.6. The van der Waals surface area contributed by atoms with Gasteiger partial charge in [-0.3, -0.25) is 10.1 Å². The van der Waals surface area contributed by atoms with Gasteiger partial charge >= 0.3 is 0 Å². The van der Waals surface area contributed by atoms with Crippen molar-refractivity contribution < 1.29 is 9.41 Å². The second-order valence-electron chi connectivity index (χ2n) is 9.43. The standard InChI is InChI=1S/C27H49N2O2/c1-6-11-12-13-14-15-23-29(10-5,22-8-3)27(9-4,20-7-2)21-19-25-17-16-18-26(24-25)28(30)31/h16-18,24H,6-15,19-23H2,1-5H3/q+1. The maximum absolute atomic E-state index is 11.2. The molecule has 1 aromatic carbocycles. The van der Waals surface area contributed by atoms with E-state index in [-0.39, 0.29) is 16.1 Å². The Labute approximate surface area is 192 Å². The van der Waals surface area contributed by atoms with Gasteiger partial charge in [0.15, 0.2) is 0 Å². The van der Waals surface area contributed by atoms with E-state index in [1.165, 1.54) is 88.3 Å². The Bertz CT molecular complexity index is 633. The first-order valence-corrected chi connectivity index (χ1v) is 13.0. The first-order valence-electron chi connectivity index (χ1n) is 13.0. The summed E-state index contributed by atoms with van der Waals surface area (Å²) >= 11 is 0. The number of aryl methyl sites for hydroxylation is 1. The molecule has 0 spiro atoms. The number of non-ortho nitro benzene ring substituents is 1. The van der Waals surface area contributed by atoms with E-state index in [4.69, 9.17) is 0 Å². The lowest BCUT2D eigenvalue weighted by Crippen LogP contribution is -2.65. The normalized spacial score (nSPS) is 15.4. The van der Waals surface area contributed by atoms with Crippen LogP contribution in [0.2, 0.25) is 0 Å². The minimum Gasteiger partial charge on any atom is -0.319 e. The van der Waals surface area contributed by atoms with Crippen molar-refractivity contribution in [2.45, 2.75) is 117 Å². The van der Waals surface area contributed by atoms with E-state index < -0.39 is 0 Å². The molecule has 0 aliphatic carbocycles. The summed E-state index contributed by atoms with van der Waals surface area (Å²) in [6.07, 6.45) is 14.9. The maximum atomic E-state index is 11.2. The lowest BCUT2D eigenvalue weighted by molar-refractivity contribution is -0.976. The van der Waals surface area contributed by atoms with Gasteiger partial charge in [-0.2, -0.15) is 0 Å². The van der Waals surface area contributed by atoms with Crippen LogP contribution >= 0.6 is 0 Å². The summed E-state index contributed by atoms with van der Waals surface area (Å²) in [6, 6.07) is 7.28. The van der Waals surface area contributed by atoms with E-state index in [1.54, 1.807) is 12.1 Å². The molecule has 0 fully saturated rings. The smallest absolute Gasteiger partial charge is 0.269 e. The molecular weight excluding hydrogens is 384 g/mol. The number of nitro groups is 1. The molecule has 0 aliphatic heterocycles. The molecule has 0 amide bonds. The molecule has 0 aromatic heterocycles. The van der Waals surface area contributed by atoms with E-state index in [2.05, 4.69) is 40.7 Å².